The van der Waals surface area contributed by atoms with Crippen molar-refractivity contribution in [3.63, 3.8) is 0 Å². The van der Waals surface area contributed by atoms with Gasteiger partial charge in [0, 0.05) is 43.9 Å². The largest absolute Gasteiger partial charge is 0.508 e. The highest BCUT2D eigenvalue weighted by Gasteiger charge is 2.28. The molecule has 2 fully saturated rings. The second-order valence-corrected chi connectivity index (χ2v) is 7.48. The van der Waals surface area contributed by atoms with Crippen LogP contribution in [0.2, 0.25) is 0 Å². The lowest BCUT2D eigenvalue weighted by molar-refractivity contribution is 0.0650. The van der Waals surface area contributed by atoms with Crippen molar-refractivity contribution in [2.24, 2.45) is 5.92 Å². The van der Waals surface area contributed by atoms with Crippen LogP contribution in [0.3, 0.4) is 0 Å². The molecular weight excluding hydrogens is 370 g/mol. The van der Waals surface area contributed by atoms with Crippen LogP contribution in [0, 0.1) is 5.92 Å². The van der Waals surface area contributed by atoms with Gasteiger partial charge in [-0.2, -0.15) is 0 Å². The molecule has 1 aromatic carbocycles. The number of hydrogen-bond acceptors (Lipinski definition) is 6. The standard InChI is InChI=1S/C22H25N3O4/c26-19-4-1-16(2-5-19)21(27)17-7-9-25(10-8-17)22(28)18-3-6-20(23-15-18)24-11-13-29-14-12-24/h1-6,15,17,26H,7-14H2. The molecule has 0 bridgehead atoms. The van der Waals surface area contributed by atoms with Crippen molar-refractivity contribution in [2.45, 2.75) is 12.8 Å². The van der Waals surface area contributed by atoms with Gasteiger partial charge in [-0.1, -0.05) is 0 Å². The number of amides is 1. The molecule has 152 valence electrons. The number of benzene rings is 1. The highest BCUT2D eigenvalue weighted by Crippen LogP contribution is 2.24. The van der Waals surface area contributed by atoms with Crippen LogP contribution in [0.15, 0.2) is 42.6 Å². The molecular formula is C22H25N3O4. The molecule has 2 saturated heterocycles. The number of ether oxygens (including phenoxy) is 1. The van der Waals surface area contributed by atoms with E-state index in [4.69, 9.17) is 4.74 Å². The Morgan fingerprint density at radius 2 is 1.59 bits per heavy atom. The Bertz CT molecular complexity index is 853. The zero-order chi connectivity index (χ0) is 20.2. The lowest BCUT2D eigenvalue weighted by atomic mass is 9.88. The summed E-state index contributed by atoms with van der Waals surface area (Å²) in [6, 6.07) is 10.1. The average molecular weight is 395 g/mol. The van der Waals surface area contributed by atoms with Crippen LogP contribution in [0.25, 0.3) is 0 Å². The predicted molar refractivity (Wildman–Crippen MR) is 108 cm³/mol. The van der Waals surface area contributed by atoms with Crippen molar-refractivity contribution in [3.05, 3.63) is 53.7 Å². The lowest BCUT2D eigenvalue weighted by Crippen LogP contribution is -2.40. The summed E-state index contributed by atoms with van der Waals surface area (Å²) in [4.78, 5) is 33.9. The molecule has 4 rings (SSSR count). The van der Waals surface area contributed by atoms with Gasteiger partial charge in [0.15, 0.2) is 5.78 Å². The number of piperidine rings is 1. The number of aromatic hydroxyl groups is 1. The second-order valence-electron chi connectivity index (χ2n) is 7.48. The van der Waals surface area contributed by atoms with Crippen LogP contribution >= 0.6 is 0 Å². The summed E-state index contributed by atoms with van der Waals surface area (Å²) in [5.41, 5.74) is 1.18. The van der Waals surface area contributed by atoms with Gasteiger partial charge in [-0.3, -0.25) is 9.59 Å². The Morgan fingerprint density at radius 1 is 0.931 bits per heavy atom. The zero-order valence-corrected chi connectivity index (χ0v) is 16.3. The number of phenolic OH excluding ortho intramolecular Hbond substituents is 1. The molecule has 7 heteroatoms. The van der Waals surface area contributed by atoms with Gasteiger partial charge < -0.3 is 19.6 Å². The summed E-state index contributed by atoms with van der Waals surface area (Å²) in [7, 11) is 0. The summed E-state index contributed by atoms with van der Waals surface area (Å²) in [5, 5.41) is 9.38. The number of ketones is 1. The summed E-state index contributed by atoms with van der Waals surface area (Å²) >= 11 is 0. The van der Waals surface area contributed by atoms with Crippen LogP contribution < -0.4 is 4.90 Å². The highest BCUT2D eigenvalue weighted by atomic mass is 16.5. The van der Waals surface area contributed by atoms with Gasteiger partial charge in [-0.25, -0.2) is 4.98 Å². The maximum atomic E-state index is 12.8. The molecule has 0 unspecified atom stereocenters. The molecule has 29 heavy (non-hydrogen) atoms. The molecule has 2 aromatic rings. The zero-order valence-electron chi connectivity index (χ0n) is 16.3. The first-order valence-electron chi connectivity index (χ1n) is 10.0. The van der Waals surface area contributed by atoms with Crippen molar-refractivity contribution in [1.29, 1.82) is 0 Å². The van der Waals surface area contributed by atoms with Crippen molar-refractivity contribution in [2.75, 3.05) is 44.3 Å². The predicted octanol–water partition coefficient (Wildman–Crippen LogP) is 2.36. The molecule has 0 atom stereocenters. The molecule has 0 radical (unpaired) electrons. The Kier molecular flexibility index (Phi) is 5.76. The normalized spacial score (nSPS) is 17.9. The average Bonchev–Trinajstić information content (AvgIpc) is 2.79. The Hall–Kier alpha value is -2.93. The first-order chi connectivity index (χ1) is 14.1. The molecule has 2 aliphatic heterocycles. The highest BCUT2D eigenvalue weighted by molar-refractivity contribution is 5.98. The number of aromatic nitrogens is 1. The minimum absolute atomic E-state index is 0.0402. The van der Waals surface area contributed by atoms with E-state index < -0.39 is 0 Å². The van der Waals surface area contributed by atoms with Gasteiger partial charge in [-0.15, -0.1) is 0 Å². The van der Waals surface area contributed by atoms with Crippen molar-refractivity contribution in [1.82, 2.24) is 9.88 Å². The number of rotatable bonds is 4. The van der Waals surface area contributed by atoms with Crippen LogP contribution in [-0.4, -0.2) is 66.1 Å². The third-order valence-corrected chi connectivity index (χ3v) is 5.63. The van der Waals surface area contributed by atoms with Gasteiger partial charge in [0.05, 0.1) is 18.8 Å². The van der Waals surface area contributed by atoms with Crippen molar-refractivity contribution < 1.29 is 19.4 Å². The quantitative estimate of drug-likeness (QED) is 0.801. The summed E-state index contributed by atoms with van der Waals surface area (Å²) in [6.07, 6.45) is 2.93. The summed E-state index contributed by atoms with van der Waals surface area (Å²) in [6.45, 7) is 4.11. The number of morpholine rings is 1. The topological polar surface area (TPSA) is 83.0 Å². The third kappa shape index (κ3) is 4.40. The number of pyridine rings is 1. The maximum Gasteiger partial charge on any atom is 0.255 e. The minimum Gasteiger partial charge on any atom is -0.508 e. The van der Waals surface area contributed by atoms with Gasteiger partial charge in [0.25, 0.3) is 5.91 Å². The van der Waals surface area contributed by atoms with Crippen molar-refractivity contribution in [3.8, 4) is 5.75 Å². The van der Waals surface area contributed by atoms with E-state index in [-0.39, 0.29) is 23.4 Å². The van der Waals surface area contributed by atoms with E-state index in [1.54, 1.807) is 23.2 Å². The molecule has 1 amide bonds. The lowest BCUT2D eigenvalue weighted by Gasteiger charge is -2.31. The number of carbonyl (C=O) groups is 2. The van der Waals surface area contributed by atoms with Gasteiger partial charge in [-0.05, 0) is 49.2 Å². The van der Waals surface area contributed by atoms with Crippen molar-refractivity contribution >= 4 is 17.5 Å². The molecule has 0 spiro atoms. The number of hydrogen-bond donors (Lipinski definition) is 1. The Labute approximate surface area is 169 Å². The number of carbonyl (C=O) groups excluding carboxylic acids is 2. The number of nitrogens with zero attached hydrogens (tertiary/aromatic N) is 3. The SMILES string of the molecule is O=C(c1ccc(O)cc1)C1CCN(C(=O)c2ccc(N3CCOCC3)nc2)CC1. The summed E-state index contributed by atoms with van der Waals surface area (Å²) < 4.78 is 5.36. The molecule has 1 N–H and O–H groups in total. The van der Waals surface area contributed by atoms with Gasteiger partial charge in [0.2, 0.25) is 0 Å². The number of likely N-dealkylation sites (tertiary alicyclic amines) is 1. The van der Waals surface area contributed by atoms with E-state index in [0.717, 1.165) is 18.9 Å². The van der Waals surface area contributed by atoms with Gasteiger partial charge in [0.1, 0.15) is 11.6 Å². The van der Waals surface area contributed by atoms with E-state index in [2.05, 4.69) is 9.88 Å². The molecule has 3 heterocycles. The molecule has 7 nitrogen and oxygen atoms in total. The summed E-state index contributed by atoms with van der Waals surface area (Å²) in [5.74, 6) is 0.957. The number of Topliss-reactive ketones (excluding diaryl/α,β-unsaturated/α-hetero) is 1. The maximum absolute atomic E-state index is 12.8. The monoisotopic (exact) mass is 395 g/mol. The van der Waals surface area contributed by atoms with E-state index in [1.807, 2.05) is 12.1 Å². The molecule has 0 saturated carbocycles. The number of phenols is 1. The molecule has 2 aliphatic rings. The van der Waals surface area contributed by atoms with Crippen LogP contribution in [0.4, 0.5) is 5.82 Å². The fourth-order valence-corrected chi connectivity index (χ4v) is 3.88. The number of anilines is 1. The van der Waals surface area contributed by atoms with E-state index in [0.29, 0.717) is 50.3 Å². The first-order valence-corrected chi connectivity index (χ1v) is 10.0. The first kappa shape index (κ1) is 19.4. The third-order valence-electron chi connectivity index (χ3n) is 5.63. The van der Waals surface area contributed by atoms with E-state index in [9.17, 15) is 14.7 Å². The smallest absolute Gasteiger partial charge is 0.255 e. The van der Waals surface area contributed by atoms with Crippen LogP contribution in [-0.2, 0) is 4.74 Å². The van der Waals surface area contributed by atoms with E-state index >= 15 is 0 Å². The molecule has 0 aliphatic carbocycles. The van der Waals surface area contributed by atoms with E-state index in [1.165, 1.54) is 12.1 Å². The fraction of sp³-hybridized carbons (Fsp3) is 0.409. The van der Waals surface area contributed by atoms with Crippen LogP contribution in [0.1, 0.15) is 33.6 Å². The fourth-order valence-electron chi connectivity index (χ4n) is 3.88. The minimum atomic E-state index is -0.0922. The Balaban J connectivity index is 1.33. The Morgan fingerprint density at radius 3 is 2.21 bits per heavy atom. The van der Waals surface area contributed by atoms with Gasteiger partial charge >= 0.3 is 0 Å². The second kappa shape index (κ2) is 8.61. The van der Waals surface area contributed by atoms with Crippen LogP contribution in [0.5, 0.6) is 5.75 Å². The molecule has 1 aromatic heterocycles.